The molecule has 1 aromatic carbocycles. The Morgan fingerprint density at radius 2 is 2.11 bits per heavy atom. The van der Waals surface area contributed by atoms with Crippen LogP contribution in [0.15, 0.2) is 21.1 Å². The van der Waals surface area contributed by atoms with E-state index in [1.165, 1.54) is 6.07 Å². The normalized spacial score (nSPS) is 11.5. The highest BCUT2D eigenvalue weighted by Gasteiger charge is 2.19. The number of nitrogens with two attached hydrogens (primary N) is 1. The number of terminal acetylenes is 1. The number of amides is 1. The third-order valence-electron chi connectivity index (χ3n) is 2.21. The minimum Gasteiger partial charge on any atom is -0.478 e. The number of benzene rings is 1. The van der Waals surface area contributed by atoms with Gasteiger partial charge in [0.2, 0.25) is 5.91 Å². The minimum absolute atomic E-state index is 0.0532. The third-order valence-corrected chi connectivity index (χ3v) is 3.29. The van der Waals surface area contributed by atoms with Crippen molar-refractivity contribution in [1.29, 1.82) is 0 Å². The van der Waals surface area contributed by atoms with Crippen LogP contribution in [-0.2, 0) is 4.79 Å². The molecule has 0 aromatic heterocycles. The number of carbonyl (C=O) groups is 2. The summed E-state index contributed by atoms with van der Waals surface area (Å²) in [5.41, 5.74) is 5.65. The molecule has 0 saturated carbocycles. The van der Waals surface area contributed by atoms with Gasteiger partial charge >= 0.3 is 5.97 Å². The molecule has 1 unspecified atom stereocenters. The van der Waals surface area contributed by atoms with E-state index in [0.29, 0.717) is 8.95 Å². The zero-order chi connectivity index (χ0) is 14.6. The molecule has 1 amide bonds. The zero-order valence-corrected chi connectivity index (χ0v) is 12.8. The van der Waals surface area contributed by atoms with Gasteiger partial charge in [-0.2, -0.15) is 0 Å². The van der Waals surface area contributed by atoms with Gasteiger partial charge < -0.3 is 16.2 Å². The van der Waals surface area contributed by atoms with Crippen LogP contribution in [0.4, 0.5) is 5.69 Å². The molecule has 0 aliphatic heterocycles. The number of carbonyl (C=O) groups excluding carboxylic acids is 1. The maximum atomic E-state index is 11.8. The fourth-order valence-electron chi connectivity index (χ4n) is 1.30. The summed E-state index contributed by atoms with van der Waals surface area (Å²) in [5.74, 6) is 0.571. The van der Waals surface area contributed by atoms with Gasteiger partial charge in [0.05, 0.1) is 17.3 Å². The number of carboxylic acids is 1. The van der Waals surface area contributed by atoms with Gasteiger partial charge in [-0.25, -0.2) is 4.79 Å². The molecule has 5 nitrogen and oxygen atoms in total. The van der Waals surface area contributed by atoms with E-state index in [9.17, 15) is 9.59 Å². The van der Waals surface area contributed by atoms with Crippen molar-refractivity contribution in [3.63, 3.8) is 0 Å². The highest BCUT2D eigenvalue weighted by Crippen LogP contribution is 2.31. The van der Waals surface area contributed by atoms with Crippen LogP contribution in [0.3, 0.4) is 0 Å². The van der Waals surface area contributed by atoms with E-state index in [-0.39, 0.29) is 17.7 Å². The van der Waals surface area contributed by atoms with E-state index < -0.39 is 17.9 Å². The van der Waals surface area contributed by atoms with Gasteiger partial charge in [0.25, 0.3) is 0 Å². The van der Waals surface area contributed by atoms with E-state index in [1.54, 1.807) is 6.07 Å². The second-order valence-electron chi connectivity index (χ2n) is 3.62. The Kier molecular flexibility index (Phi) is 5.54. The van der Waals surface area contributed by atoms with Gasteiger partial charge in [0, 0.05) is 15.4 Å². The van der Waals surface area contributed by atoms with Crippen LogP contribution in [0.5, 0.6) is 0 Å². The second-order valence-corrected chi connectivity index (χ2v) is 5.39. The highest BCUT2D eigenvalue weighted by atomic mass is 79.9. The lowest BCUT2D eigenvalue weighted by molar-refractivity contribution is -0.117. The van der Waals surface area contributed by atoms with Crippen LogP contribution in [0.1, 0.15) is 16.8 Å². The predicted octanol–water partition coefficient (Wildman–Crippen LogP) is 2.20. The number of rotatable bonds is 4. The number of anilines is 1. The molecule has 1 aromatic rings. The molecule has 0 bridgehead atoms. The molecule has 0 aliphatic carbocycles. The number of hydrogen-bond donors (Lipinski definition) is 3. The first-order chi connectivity index (χ1) is 8.86. The summed E-state index contributed by atoms with van der Waals surface area (Å²) >= 11 is 6.37. The lowest BCUT2D eigenvalue weighted by atomic mass is 10.1. The van der Waals surface area contributed by atoms with Gasteiger partial charge in [-0.15, -0.1) is 12.3 Å². The fraction of sp³-hybridized carbons (Fsp3) is 0.167. The Balaban J connectivity index is 3.11. The third kappa shape index (κ3) is 4.06. The minimum atomic E-state index is -1.16. The molecule has 100 valence electrons. The van der Waals surface area contributed by atoms with E-state index >= 15 is 0 Å². The van der Waals surface area contributed by atoms with Crippen LogP contribution < -0.4 is 11.1 Å². The first-order valence-electron chi connectivity index (χ1n) is 5.09. The molecule has 0 fully saturated rings. The Morgan fingerprint density at radius 1 is 1.47 bits per heavy atom. The summed E-state index contributed by atoms with van der Waals surface area (Å²) in [6.45, 7) is 0. The van der Waals surface area contributed by atoms with Crippen LogP contribution in [0.25, 0.3) is 0 Å². The molecule has 7 heteroatoms. The molecule has 0 aliphatic rings. The van der Waals surface area contributed by atoms with Gasteiger partial charge in [-0.1, -0.05) is 15.9 Å². The molecule has 0 saturated heterocycles. The Labute approximate surface area is 126 Å². The largest absolute Gasteiger partial charge is 0.478 e. The summed E-state index contributed by atoms with van der Waals surface area (Å²) in [5, 5.41) is 11.6. The predicted molar refractivity (Wildman–Crippen MR) is 78.9 cm³/mol. The molecule has 1 rings (SSSR count). The first-order valence-corrected chi connectivity index (χ1v) is 6.67. The smallest absolute Gasteiger partial charge is 0.337 e. The SMILES string of the molecule is C#CCC(N)C(=O)Nc1c(Br)cc(Br)cc1C(=O)O. The number of hydrogen-bond acceptors (Lipinski definition) is 3. The fourth-order valence-corrected chi connectivity index (χ4v) is 2.63. The molecule has 0 spiro atoms. The quantitative estimate of drug-likeness (QED) is 0.688. The Bertz CT molecular complexity index is 567. The molecule has 19 heavy (non-hydrogen) atoms. The van der Waals surface area contributed by atoms with Crippen LogP contribution in [-0.4, -0.2) is 23.0 Å². The second kappa shape index (κ2) is 6.70. The summed E-state index contributed by atoms with van der Waals surface area (Å²) in [6, 6.07) is 2.12. The summed E-state index contributed by atoms with van der Waals surface area (Å²) in [4.78, 5) is 22.9. The molecule has 0 heterocycles. The maximum Gasteiger partial charge on any atom is 0.337 e. The van der Waals surface area contributed by atoms with Crippen molar-refractivity contribution in [2.45, 2.75) is 12.5 Å². The topological polar surface area (TPSA) is 92.4 Å². The molecular formula is C12H10Br2N2O3. The van der Waals surface area contributed by atoms with E-state index in [4.69, 9.17) is 17.3 Å². The summed E-state index contributed by atoms with van der Waals surface area (Å²) < 4.78 is 1.00. The van der Waals surface area contributed by atoms with Crippen molar-refractivity contribution in [1.82, 2.24) is 0 Å². The average Bonchev–Trinajstić information content (AvgIpc) is 2.32. The van der Waals surface area contributed by atoms with Crippen molar-refractivity contribution in [2.24, 2.45) is 5.73 Å². The number of carboxylic acid groups (broad SMARTS) is 1. The van der Waals surface area contributed by atoms with Crippen LogP contribution in [0.2, 0.25) is 0 Å². The van der Waals surface area contributed by atoms with E-state index in [2.05, 4.69) is 43.1 Å². The van der Waals surface area contributed by atoms with Crippen molar-refractivity contribution in [3.8, 4) is 12.3 Å². The van der Waals surface area contributed by atoms with Crippen LogP contribution in [0, 0.1) is 12.3 Å². The van der Waals surface area contributed by atoms with Gasteiger partial charge in [0.15, 0.2) is 0 Å². The molecule has 4 N–H and O–H groups in total. The van der Waals surface area contributed by atoms with E-state index in [1.807, 2.05) is 0 Å². The number of nitrogens with one attached hydrogen (secondary N) is 1. The zero-order valence-electron chi connectivity index (χ0n) is 9.61. The highest BCUT2D eigenvalue weighted by molar-refractivity contribution is 9.11. The monoisotopic (exact) mass is 388 g/mol. The standard InChI is InChI=1S/C12H10Br2N2O3/c1-2-3-9(15)11(17)16-10-7(12(18)19)4-6(13)5-8(10)14/h1,4-5,9H,3,15H2,(H,16,17)(H,18,19). The number of halogens is 2. The van der Waals surface area contributed by atoms with Crippen molar-refractivity contribution in [3.05, 3.63) is 26.6 Å². The van der Waals surface area contributed by atoms with Crippen LogP contribution >= 0.6 is 31.9 Å². The van der Waals surface area contributed by atoms with Gasteiger partial charge in [-0.3, -0.25) is 4.79 Å². The summed E-state index contributed by atoms with van der Waals surface area (Å²) in [6.07, 6.45) is 5.14. The Hall–Kier alpha value is -1.36. The van der Waals surface area contributed by atoms with Gasteiger partial charge in [-0.05, 0) is 28.1 Å². The summed E-state index contributed by atoms with van der Waals surface area (Å²) in [7, 11) is 0. The first kappa shape index (κ1) is 15.7. The average molecular weight is 390 g/mol. The molecule has 0 radical (unpaired) electrons. The van der Waals surface area contributed by atoms with Gasteiger partial charge in [0.1, 0.15) is 0 Å². The number of aromatic carboxylic acids is 1. The lowest BCUT2D eigenvalue weighted by Crippen LogP contribution is -2.35. The van der Waals surface area contributed by atoms with Crippen molar-refractivity contribution in [2.75, 3.05) is 5.32 Å². The van der Waals surface area contributed by atoms with Crippen molar-refractivity contribution < 1.29 is 14.7 Å². The lowest BCUT2D eigenvalue weighted by Gasteiger charge is -2.14. The van der Waals surface area contributed by atoms with E-state index in [0.717, 1.165) is 0 Å². The molecular weight excluding hydrogens is 380 g/mol. The van der Waals surface area contributed by atoms with Crippen molar-refractivity contribution >= 4 is 49.4 Å². The molecule has 1 atom stereocenters. The Morgan fingerprint density at radius 3 is 2.63 bits per heavy atom. The maximum absolute atomic E-state index is 11.8.